The van der Waals surface area contributed by atoms with Crippen LogP contribution in [0, 0.1) is 0 Å². The fourth-order valence-corrected chi connectivity index (χ4v) is 3.06. The van der Waals surface area contributed by atoms with Gasteiger partial charge in [-0.15, -0.1) is 0 Å². The quantitative estimate of drug-likeness (QED) is 0.792. The normalized spacial score (nSPS) is 19.7. The number of hydrogen-bond donors (Lipinski definition) is 1. The van der Waals surface area contributed by atoms with E-state index >= 15 is 0 Å². The Balaban J connectivity index is 2.01. The molecule has 1 aromatic heterocycles. The lowest BCUT2D eigenvalue weighted by Crippen LogP contribution is -2.45. The van der Waals surface area contributed by atoms with Gasteiger partial charge in [-0.25, -0.2) is 0 Å². The summed E-state index contributed by atoms with van der Waals surface area (Å²) in [5, 5.41) is 11.5. The summed E-state index contributed by atoms with van der Waals surface area (Å²) in [7, 11) is 0. The van der Waals surface area contributed by atoms with Gasteiger partial charge in [0.15, 0.2) is 0 Å². The first-order valence-corrected chi connectivity index (χ1v) is 7.36. The Morgan fingerprint density at radius 1 is 0.870 bits per heavy atom. The Morgan fingerprint density at radius 2 is 1.57 bits per heavy atom. The Labute approximate surface area is 133 Å². The number of hydrogen-bond acceptors (Lipinski definition) is 3. The highest BCUT2D eigenvalue weighted by Gasteiger charge is 2.51. The highest BCUT2D eigenvalue weighted by molar-refractivity contribution is 6.12. The fourth-order valence-electron chi connectivity index (χ4n) is 3.06. The van der Waals surface area contributed by atoms with Crippen LogP contribution in [0.2, 0.25) is 0 Å². The van der Waals surface area contributed by atoms with Gasteiger partial charge < -0.3 is 5.11 Å². The number of amides is 1. The summed E-state index contributed by atoms with van der Waals surface area (Å²) in [5.74, 6) is -0.236. The first-order chi connectivity index (χ1) is 11.2. The van der Waals surface area contributed by atoms with E-state index in [4.69, 9.17) is 0 Å². The molecule has 0 fully saturated rings. The van der Waals surface area contributed by atoms with E-state index in [0.29, 0.717) is 22.5 Å². The van der Waals surface area contributed by atoms with Crippen molar-refractivity contribution in [3.05, 3.63) is 95.8 Å². The molecule has 0 radical (unpaired) electrons. The second-order valence-electron chi connectivity index (χ2n) is 5.41. The van der Waals surface area contributed by atoms with Crippen molar-refractivity contribution in [2.24, 2.45) is 0 Å². The molecule has 0 bridgehead atoms. The zero-order valence-electron chi connectivity index (χ0n) is 12.3. The lowest BCUT2D eigenvalue weighted by molar-refractivity contribution is 0.0677. The van der Waals surface area contributed by atoms with Crippen molar-refractivity contribution in [2.45, 2.75) is 5.72 Å². The number of nitrogens with zero attached hydrogens (tertiary/aromatic N) is 2. The Bertz CT molecular complexity index is 865. The van der Waals surface area contributed by atoms with Gasteiger partial charge in [-0.1, -0.05) is 42.5 Å². The monoisotopic (exact) mass is 302 g/mol. The summed E-state index contributed by atoms with van der Waals surface area (Å²) < 4.78 is 0. The SMILES string of the molecule is O=C1c2ccccc2C(O)(c2ccccn2)N1c1ccccc1. The summed E-state index contributed by atoms with van der Waals surface area (Å²) >= 11 is 0. The zero-order chi connectivity index (χ0) is 15.9. The van der Waals surface area contributed by atoms with Gasteiger partial charge in [0.2, 0.25) is 5.72 Å². The summed E-state index contributed by atoms with van der Waals surface area (Å²) in [4.78, 5) is 18.6. The van der Waals surface area contributed by atoms with Gasteiger partial charge >= 0.3 is 0 Å². The van der Waals surface area contributed by atoms with E-state index in [1.165, 1.54) is 4.90 Å². The maximum Gasteiger partial charge on any atom is 0.261 e. The van der Waals surface area contributed by atoms with E-state index in [1.807, 2.05) is 24.3 Å². The first kappa shape index (κ1) is 13.7. The number of carbonyl (C=O) groups excluding carboxylic acids is 1. The number of benzene rings is 2. The molecule has 1 aliphatic rings. The predicted octanol–water partition coefficient (Wildman–Crippen LogP) is 2.94. The van der Waals surface area contributed by atoms with Crippen molar-refractivity contribution in [3.63, 3.8) is 0 Å². The lowest BCUT2D eigenvalue weighted by Gasteiger charge is -2.33. The maximum absolute atomic E-state index is 12.9. The van der Waals surface area contributed by atoms with E-state index < -0.39 is 5.72 Å². The van der Waals surface area contributed by atoms with Crippen molar-refractivity contribution in [1.82, 2.24) is 4.98 Å². The molecule has 0 aliphatic carbocycles. The molecule has 1 atom stereocenters. The lowest BCUT2D eigenvalue weighted by atomic mass is 9.97. The van der Waals surface area contributed by atoms with Gasteiger partial charge in [0, 0.05) is 23.0 Å². The van der Waals surface area contributed by atoms with E-state index in [2.05, 4.69) is 4.98 Å². The summed E-state index contributed by atoms with van der Waals surface area (Å²) in [5.41, 5.74) is 0.470. The van der Waals surface area contributed by atoms with E-state index in [9.17, 15) is 9.90 Å². The fraction of sp³-hybridized carbons (Fsp3) is 0.0526. The Morgan fingerprint density at radius 3 is 2.30 bits per heavy atom. The van der Waals surface area contributed by atoms with Crippen molar-refractivity contribution in [3.8, 4) is 0 Å². The third-order valence-corrected chi connectivity index (χ3v) is 4.10. The second kappa shape index (κ2) is 5.04. The number of para-hydroxylation sites is 1. The number of fused-ring (bicyclic) bond motifs is 1. The van der Waals surface area contributed by atoms with Crippen molar-refractivity contribution < 1.29 is 9.90 Å². The second-order valence-corrected chi connectivity index (χ2v) is 5.41. The highest BCUT2D eigenvalue weighted by Crippen LogP contribution is 2.43. The van der Waals surface area contributed by atoms with Crippen LogP contribution in [-0.4, -0.2) is 16.0 Å². The predicted molar refractivity (Wildman–Crippen MR) is 86.9 cm³/mol. The molecule has 0 saturated carbocycles. The number of pyridine rings is 1. The molecule has 23 heavy (non-hydrogen) atoms. The van der Waals surface area contributed by atoms with Crippen LogP contribution in [0.3, 0.4) is 0 Å². The smallest absolute Gasteiger partial charge is 0.261 e. The molecule has 4 heteroatoms. The molecule has 2 heterocycles. The van der Waals surface area contributed by atoms with E-state index in [0.717, 1.165) is 0 Å². The van der Waals surface area contributed by atoms with Gasteiger partial charge in [-0.3, -0.25) is 14.7 Å². The molecule has 1 unspecified atom stereocenters. The minimum atomic E-state index is -1.61. The van der Waals surface area contributed by atoms with Gasteiger partial charge in [0.25, 0.3) is 5.91 Å². The molecule has 0 spiro atoms. The maximum atomic E-state index is 12.9. The number of rotatable bonds is 2. The molecular formula is C19H14N2O2. The van der Waals surface area contributed by atoms with Crippen LogP contribution in [-0.2, 0) is 5.72 Å². The minimum absolute atomic E-state index is 0.236. The minimum Gasteiger partial charge on any atom is -0.362 e. The van der Waals surface area contributed by atoms with Crippen LogP contribution in [0.5, 0.6) is 0 Å². The standard InChI is InChI=1S/C19H14N2O2/c22-18-15-10-4-5-11-16(15)19(23,17-12-6-7-13-20-17)21(18)14-8-2-1-3-9-14/h1-13,23H. The molecule has 4 rings (SSSR count). The van der Waals surface area contributed by atoms with E-state index in [1.54, 1.807) is 54.7 Å². The third kappa shape index (κ3) is 1.89. The molecule has 112 valence electrons. The van der Waals surface area contributed by atoms with Crippen molar-refractivity contribution >= 4 is 11.6 Å². The largest absolute Gasteiger partial charge is 0.362 e. The van der Waals surface area contributed by atoms with Crippen LogP contribution < -0.4 is 4.90 Å². The molecule has 1 aliphatic heterocycles. The first-order valence-electron chi connectivity index (χ1n) is 7.36. The van der Waals surface area contributed by atoms with Crippen LogP contribution >= 0.6 is 0 Å². The zero-order valence-corrected chi connectivity index (χ0v) is 12.3. The molecule has 2 aromatic carbocycles. The topological polar surface area (TPSA) is 53.4 Å². The molecule has 1 amide bonds. The Hall–Kier alpha value is -2.98. The summed E-state index contributed by atoms with van der Waals surface area (Å²) in [6.07, 6.45) is 1.61. The van der Waals surface area contributed by atoms with Crippen molar-refractivity contribution in [1.29, 1.82) is 0 Å². The highest BCUT2D eigenvalue weighted by atomic mass is 16.3. The average Bonchev–Trinajstić information content (AvgIpc) is 2.86. The van der Waals surface area contributed by atoms with E-state index in [-0.39, 0.29) is 5.91 Å². The van der Waals surface area contributed by atoms with Crippen LogP contribution in [0.25, 0.3) is 0 Å². The van der Waals surface area contributed by atoms with Gasteiger partial charge in [0.05, 0.1) is 5.69 Å². The van der Waals surface area contributed by atoms with Gasteiger partial charge in [-0.05, 0) is 30.3 Å². The number of anilines is 1. The summed E-state index contributed by atoms with van der Waals surface area (Å²) in [6, 6.07) is 21.6. The number of aliphatic hydroxyl groups is 1. The number of aromatic nitrogens is 1. The molecular weight excluding hydrogens is 288 g/mol. The molecule has 1 N–H and O–H groups in total. The third-order valence-electron chi connectivity index (χ3n) is 4.10. The van der Waals surface area contributed by atoms with Crippen molar-refractivity contribution in [2.75, 3.05) is 4.90 Å². The summed E-state index contributed by atoms with van der Waals surface area (Å²) in [6.45, 7) is 0. The number of carbonyl (C=O) groups is 1. The molecule has 4 nitrogen and oxygen atoms in total. The van der Waals surface area contributed by atoms with Crippen LogP contribution in [0.1, 0.15) is 21.6 Å². The van der Waals surface area contributed by atoms with Gasteiger partial charge in [0.1, 0.15) is 0 Å². The Kier molecular flexibility index (Phi) is 2.99. The molecule has 0 saturated heterocycles. The van der Waals surface area contributed by atoms with Gasteiger partial charge in [-0.2, -0.15) is 0 Å². The average molecular weight is 302 g/mol. The van der Waals surface area contributed by atoms with Crippen LogP contribution in [0.4, 0.5) is 5.69 Å². The van der Waals surface area contributed by atoms with Crippen LogP contribution in [0.15, 0.2) is 79.0 Å². The molecule has 3 aromatic rings.